The Labute approximate surface area is 73.9 Å². The van der Waals surface area contributed by atoms with Crippen LogP contribution in [-0.2, 0) is 4.79 Å². The molecule has 0 bridgehead atoms. The molecular formula is C10H17NO. The molecule has 68 valence electrons. The average molecular weight is 167 g/mol. The molecule has 0 aliphatic carbocycles. The van der Waals surface area contributed by atoms with Gasteiger partial charge in [0, 0.05) is 19.0 Å². The van der Waals surface area contributed by atoms with E-state index in [4.69, 9.17) is 0 Å². The van der Waals surface area contributed by atoms with Gasteiger partial charge in [0.2, 0.25) is 5.91 Å². The molecule has 0 aromatic carbocycles. The zero-order valence-electron chi connectivity index (χ0n) is 7.92. The number of nitrogens with zero attached hydrogens (tertiary/aromatic N) is 1. The van der Waals surface area contributed by atoms with E-state index in [0.29, 0.717) is 11.9 Å². The van der Waals surface area contributed by atoms with Gasteiger partial charge in [-0.1, -0.05) is 13.8 Å². The summed E-state index contributed by atoms with van der Waals surface area (Å²) >= 11 is 0. The Morgan fingerprint density at radius 3 is 2.83 bits per heavy atom. The first-order valence-electron chi connectivity index (χ1n) is 4.99. The van der Waals surface area contributed by atoms with Crippen LogP contribution in [0.1, 0.15) is 33.1 Å². The molecule has 2 heteroatoms. The minimum atomic E-state index is 0.392. The average Bonchev–Trinajstić information content (AvgIpc) is 2.53. The number of hydrogen-bond donors (Lipinski definition) is 0. The third kappa shape index (κ3) is 1.05. The molecule has 2 saturated heterocycles. The first kappa shape index (κ1) is 8.09. The summed E-state index contributed by atoms with van der Waals surface area (Å²) in [5.41, 5.74) is 0. The normalized spacial score (nSPS) is 34.9. The predicted molar refractivity (Wildman–Crippen MR) is 47.7 cm³/mol. The Balaban J connectivity index is 2.10. The van der Waals surface area contributed by atoms with Crippen LogP contribution in [-0.4, -0.2) is 23.4 Å². The summed E-state index contributed by atoms with van der Waals surface area (Å²) in [5, 5.41) is 0. The summed E-state index contributed by atoms with van der Waals surface area (Å²) in [7, 11) is 0. The third-order valence-corrected chi connectivity index (χ3v) is 3.43. The SMILES string of the molecule is CC(C)C1CCN2C(=O)CC[C@H]12. The monoisotopic (exact) mass is 167 g/mol. The van der Waals surface area contributed by atoms with E-state index in [1.165, 1.54) is 6.42 Å². The van der Waals surface area contributed by atoms with Crippen molar-refractivity contribution < 1.29 is 4.79 Å². The number of rotatable bonds is 1. The van der Waals surface area contributed by atoms with E-state index in [1.807, 2.05) is 0 Å². The van der Waals surface area contributed by atoms with E-state index in [2.05, 4.69) is 18.7 Å². The lowest BCUT2D eigenvalue weighted by atomic mass is 9.88. The topological polar surface area (TPSA) is 20.3 Å². The first-order chi connectivity index (χ1) is 5.70. The Hall–Kier alpha value is -0.530. The molecule has 0 spiro atoms. The summed E-state index contributed by atoms with van der Waals surface area (Å²) in [6.45, 7) is 5.57. The van der Waals surface area contributed by atoms with Crippen molar-refractivity contribution in [3.63, 3.8) is 0 Å². The highest BCUT2D eigenvalue weighted by Gasteiger charge is 2.42. The summed E-state index contributed by atoms with van der Waals surface area (Å²) in [6, 6.07) is 0.595. The minimum Gasteiger partial charge on any atom is -0.339 e. The lowest BCUT2D eigenvalue weighted by Gasteiger charge is -2.22. The number of carbonyl (C=O) groups is 1. The van der Waals surface area contributed by atoms with E-state index in [9.17, 15) is 4.79 Å². The molecule has 0 N–H and O–H groups in total. The van der Waals surface area contributed by atoms with E-state index < -0.39 is 0 Å². The fourth-order valence-electron chi connectivity index (χ4n) is 2.75. The van der Waals surface area contributed by atoms with Crippen molar-refractivity contribution >= 4 is 5.91 Å². The van der Waals surface area contributed by atoms with Crippen molar-refractivity contribution in [3.05, 3.63) is 0 Å². The molecule has 2 rings (SSSR count). The van der Waals surface area contributed by atoms with Crippen molar-refractivity contribution in [2.75, 3.05) is 6.54 Å². The van der Waals surface area contributed by atoms with E-state index in [1.54, 1.807) is 0 Å². The highest BCUT2D eigenvalue weighted by Crippen LogP contribution is 2.37. The molecule has 0 saturated carbocycles. The number of fused-ring (bicyclic) bond motifs is 1. The Morgan fingerprint density at radius 1 is 1.42 bits per heavy atom. The fourth-order valence-corrected chi connectivity index (χ4v) is 2.75. The van der Waals surface area contributed by atoms with Gasteiger partial charge in [0.15, 0.2) is 0 Å². The van der Waals surface area contributed by atoms with Gasteiger partial charge in [-0.05, 0) is 24.7 Å². The molecule has 0 aromatic rings. The molecule has 2 aliphatic rings. The van der Waals surface area contributed by atoms with Gasteiger partial charge in [0.25, 0.3) is 0 Å². The van der Waals surface area contributed by atoms with Crippen LogP contribution < -0.4 is 0 Å². The van der Waals surface area contributed by atoms with Gasteiger partial charge in [-0.25, -0.2) is 0 Å². The maximum Gasteiger partial charge on any atom is 0.222 e. The molecule has 2 aliphatic heterocycles. The Bertz CT molecular complexity index is 200. The third-order valence-electron chi connectivity index (χ3n) is 3.43. The molecule has 12 heavy (non-hydrogen) atoms. The van der Waals surface area contributed by atoms with Crippen LogP contribution >= 0.6 is 0 Å². The fraction of sp³-hybridized carbons (Fsp3) is 0.900. The maximum absolute atomic E-state index is 11.3. The maximum atomic E-state index is 11.3. The predicted octanol–water partition coefficient (Wildman–Crippen LogP) is 1.65. The Kier molecular flexibility index (Phi) is 1.85. The largest absolute Gasteiger partial charge is 0.339 e. The van der Waals surface area contributed by atoms with Crippen LogP contribution in [0.25, 0.3) is 0 Å². The standard InChI is InChI=1S/C10H17NO/c1-7(2)8-5-6-11-9(8)3-4-10(11)12/h7-9H,3-6H2,1-2H3/t8?,9-/m1/s1. The molecule has 0 aromatic heterocycles. The van der Waals surface area contributed by atoms with Crippen molar-refractivity contribution in [2.45, 2.75) is 39.2 Å². The lowest BCUT2D eigenvalue weighted by molar-refractivity contribution is -0.128. The second kappa shape index (κ2) is 2.75. The number of carbonyl (C=O) groups excluding carboxylic acids is 1. The van der Waals surface area contributed by atoms with Gasteiger partial charge in [-0.3, -0.25) is 4.79 Å². The highest BCUT2D eigenvalue weighted by atomic mass is 16.2. The van der Waals surface area contributed by atoms with Crippen LogP contribution in [0.4, 0.5) is 0 Å². The van der Waals surface area contributed by atoms with Crippen molar-refractivity contribution in [3.8, 4) is 0 Å². The molecule has 2 atom stereocenters. The zero-order valence-corrected chi connectivity index (χ0v) is 7.92. The van der Waals surface area contributed by atoms with Gasteiger partial charge in [-0.2, -0.15) is 0 Å². The number of amides is 1. The van der Waals surface area contributed by atoms with Gasteiger partial charge in [-0.15, -0.1) is 0 Å². The van der Waals surface area contributed by atoms with Crippen molar-refractivity contribution in [2.24, 2.45) is 11.8 Å². The number of hydrogen-bond acceptors (Lipinski definition) is 1. The van der Waals surface area contributed by atoms with E-state index >= 15 is 0 Å². The molecule has 2 heterocycles. The van der Waals surface area contributed by atoms with Crippen LogP contribution in [0.2, 0.25) is 0 Å². The van der Waals surface area contributed by atoms with Gasteiger partial charge in [0.05, 0.1) is 0 Å². The van der Waals surface area contributed by atoms with E-state index in [-0.39, 0.29) is 0 Å². The minimum absolute atomic E-state index is 0.392. The van der Waals surface area contributed by atoms with Crippen LogP contribution in [0.3, 0.4) is 0 Å². The molecular weight excluding hydrogens is 150 g/mol. The van der Waals surface area contributed by atoms with Gasteiger partial charge >= 0.3 is 0 Å². The summed E-state index contributed by atoms with van der Waals surface area (Å²) in [4.78, 5) is 13.5. The van der Waals surface area contributed by atoms with Crippen molar-refractivity contribution in [1.29, 1.82) is 0 Å². The van der Waals surface area contributed by atoms with Crippen molar-refractivity contribution in [1.82, 2.24) is 4.90 Å². The van der Waals surface area contributed by atoms with Crippen LogP contribution in [0.5, 0.6) is 0 Å². The van der Waals surface area contributed by atoms with E-state index in [0.717, 1.165) is 31.2 Å². The molecule has 2 nitrogen and oxygen atoms in total. The van der Waals surface area contributed by atoms with Crippen LogP contribution in [0, 0.1) is 11.8 Å². The quantitative estimate of drug-likeness (QED) is 0.581. The summed E-state index contributed by atoms with van der Waals surface area (Å²) in [6.07, 6.45) is 3.14. The van der Waals surface area contributed by atoms with Crippen LogP contribution in [0.15, 0.2) is 0 Å². The second-order valence-electron chi connectivity index (χ2n) is 4.39. The second-order valence-corrected chi connectivity index (χ2v) is 4.39. The summed E-state index contributed by atoms with van der Waals surface area (Å²) in [5.74, 6) is 1.91. The molecule has 1 unspecified atom stereocenters. The smallest absolute Gasteiger partial charge is 0.222 e. The van der Waals surface area contributed by atoms with Gasteiger partial charge < -0.3 is 4.90 Å². The van der Waals surface area contributed by atoms with Gasteiger partial charge in [0.1, 0.15) is 0 Å². The highest BCUT2D eigenvalue weighted by molar-refractivity contribution is 5.79. The lowest BCUT2D eigenvalue weighted by Crippen LogP contribution is -2.30. The molecule has 0 radical (unpaired) electrons. The zero-order chi connectivity index (χ0) is 8.72. The first-order valence-corrected chi connectivity index (χ1v) is 4.99. The molecule has 2 fully saturated rings. The Morgan fingerprint density at radius 2 is 2.17 bits per heavy atom. The summed E-state index contributed by atoms with van der Waals surface area (Å²) < 4.78 is 0. The molecule has 1 amide bonds.